The average Bonchev–Trinajstić information content (AvgIpc) is 2.42. The van der Waals surface area contributed by atoms with Gasteiger partial charge in [-0.05, 0) is 34.1 Å². The summed E-state index contributed by atoms with van der Waals surface area (Å²) in [5.41, 5.74) is 6.30. The SMILES string of the molecule is C[C@@H]1C2c3ccccc3C(c3ccccc32)[C@H]1C. The number of fused-ring (bicyclic) bond motifs is 1. The van der Waals surface area contributed by atoms with Crippen molar-refractivity contribution in [1.82, 2.24) is 0 Å². The summed E-state index contributed by atoms with van der Waals surface area (Å²) in [6.45, 7) is 4.85. The van der Waals surface area contributed by atoms with Crippen molar-refractivity contribution in [3.63, 3.8) is 0 Å². The quantitative estimate of drug-likeness (QED) is 0.627. The third-order valence-electron chi connectivity index (χ3n) is 5.21. The van der Waals surface area contributed by atoms with Crippen LogP contribution in [0.1, 0.15) is 47.9 Å². The molecule has 2 atom stereocenters. The Morgan fingerprint density at radius 2 is 0.833 bits per heavy atom. The lowest BCUT2D eigenvalue weighted by Crippen LogP contribution is -2.37. The van der Waals surface area contributed by atoms with Crippen LogP contribution in [0.4, 0.5) is 0 Å². The van der Waals surface area contributed by atoms with E-state index in [-0.39, 0.29) is 0 Å². The van der Waals surface area contributed by atoms with Crippen LogP contribution in [0.5, 0.6) is 0 Å². The van der Waals surface area contributed by atoms with E-state index >= 15 is 0 Å². The maximum absolute atomic E-state index is 2.42. The molecule has 0 heterocycles. The molecule has 3 aliphatic rings. The molecule has 5 rings (SSSR count). The standard InChI is InChI=1S/C18H18/c1-11-12(2)18-15-9-5-3-7-13(15)17(11)14-8-4-6-10-16(14)18/h3-12,17-18H,1-2H3/t11-,12-,17?,18?/m0/s1. The first-order valence-corrected chi connectivity index (χ1v) is 6.96. The summed E-state index contributed by atoms with van der Waals surface area (Å²) in [4.78, 5) is 0. The number of benzene rings is 2. The van der Waals surface area contributed by atoms with Gasteiger partial charge in [-0.25, -0.2) is 0 Å². The van der Waals surface area contributed by atoms with E-state index in [4.69, 9.17) is 0 Å². The van der Waals surface area contributed by atoms with Gasteiger partial charge in [-0.2, -0.15) is 0 Å². The minimum absolute atomic E-state index is 0.609. The molecule has 2 aromatic carbocycles. The van der Waals surface area contributed by atoms with E-state index in [0.717, 1.165) is 11.8 Å². The molecule has 0 aliphatic heterocycles. The van der Waals surface area contributed by atoms with Gasteiger partial charge in [-0.1, -0.05) is 62.4 Å². The Labute approximate surface area is 109 Å². The van der Waals surface area contributed by atoms with Gasteiger partial charge in [0.05, 0.1) is 0 Å². The van der Waals surface area contributed by atoms with Crippen molar-refractivity contribution >= 4 is 0 Å². The van der Waals surface area contributed by atoms with Crippen molar-refractivity contribution in [1.29, 1.82) is 0 Å². The lowest BCUT2D eigenvalue weighted by molar-refractivity contribution is 0.271. The van der Waals surface area contributed by atoms with Crippen LogP contribution in [0.15, 0.2) is 48.5 Å². The first-order chi connectivity index (χ1) is 8.79. The highest BCUT2D eigenvalue weighted by Gasteiger charge is 2.45. The van der Waals surface area contributed by atoms with Gasteiger partial charge in [0.2, 0.25) is 0 Å². The molecule has 0 saturated heterocycles. The Hall–Kier alpha value is -1.56. The van der Waals surface area contributed by atoms with Gasteiger partial charge in [0, 0.05) is 11.8 Å². The minimum atomic E-state index is 0.609. The lowest BCUT2D eigenvalue weighted by atomic mass is 9.55. The highest BCUT2D eigenvalue weighted by atomic mass is 14.5. The second kappa shape index (κ2) is 3.47. The Bertz CT molecular complexity index is 509. The molecule has 0 nitrogen and oxygen atoms in total. The summed E-state index contributed by atoms with van der Waals surface area (Å²) in [7, 11) is 0. The first kappa shape index (κ1) is 10.4. The summed E-state index contributed by atoms with van der Waals surface area (Å²) in [5, 5.41) is 0. The second-order valence-corrected chi connectivity index (χ2v) is 5.93. The molecule has 2 bridgehead atoms. The number of rotatable bonds is 0. The van der Waals surface area contributed by atoms with Crippen molar-refractivity contribution in [2.45, 2.75) is 25.7 Å². The van der Waals surface area contributed by atoms with E-state index < -0.39 is 0 Å². The maximum atomic E-state index is 2.42. The molecule has 0 unspecified atom stereocenters. The van der Waals surface area contributed by atoms with Crippen molar-refractivity contribution < 1.29 is 0 Å². The zero-order valence-electron chi connectivity index (χ0n) is 10.9. The minimum Gasteiger partial charge on any atom is -0.0620 e. The fraction of sp³-hybridized carbons (Fsp3) is 0.333. The van der Waals surface area contributed by atoms with Gasteiger partial charge >= 0.3 is 0 Å². The van der Waals surface area contributed by atoms with Crippen LogP contribution in [-0.4, -0.2) is 0 Å². The van der Waals surface area contributed by atoms with E-state index in [1.807, 2.05) is 0 Å². The monoisotopic (exact) mass is 234 g/mol. The fourth-order valence-corrected chi connectivity index (χ4v) is 4.23. The molecule has 0 radical (unpaired) electrons. The third-order valence-corrected chi connectivity index (χ3v) is 5.21. The second-order valence-electron chi connectivity index (χ2n) is 5.93. The fourth-order valence-electron chi connectivity index (χ4n) is 4.23. The van der Waals surface area contributed by atoms with E-state index in [1.165, 1.54) is 0 Å². The molecular weight excluding hydrogens is 216 g/mol. The van der Waals surface area contributed by atoms with Crippen LogP contribution in [0.3, 0.4) is 0 Å². The number of hydrogen-bond acceptors (Lipinski definition) is 0. The molecule has 2 aromatic rings. The predicted octanol–water partition coefficient (Wildman–Crippen LogP) is 4.55. The first-order valence-electron chi connectivity index (χ1n) is 6.96. The molecule has 90 valence electrons. The molecule has 0 N–H and O–H groups in total. The van der Waals surface area contributed by atoms with Gasteiger partial charge in [-0.3, -0.25) is 0 Å². The Morgan fingerprint density at radius 1 is 0.556 bits per heavy atom. The summed E-state index contributed by atoms with van der Waals surface area (Å²) < 4.78 is 0. The van der Waals surface area contributed by atoms with Crippen molar-refractivity contribution in [3.05, 3.63) is 70.8 Å². The van der Waals surface area contributed by atoms with Gasteiger partial charge in [-0.15, -0.1) is 0 Å². The van der Waals surface area contributed by atoms with E-state index in [1.54, 1.807) is 22.3 Å². The van der Waals surface area contributed by atoms with Crippen molar-refractivity contribution in [2.75, 3.05) is 0 Å². The van der Waals surface area contributed by atoms with Crippen molar-refractivity contribution in [2.24, 2.45) is 11.8 Å². The normalized spacial score (nSPS) is 31.9. The third kappa shape index (κ3) is 1.11. The molecular formula is C18H18. The molecule has 18 heavy (non-hydrogen) atoms. The van der Waals surface area contributed by atoms with Gasteiger partial charge < -0.3 is 0 Å². The summed E-state index contributed by atoms with van der Waals surface area (Å²) >= 11 is 0. The Kier molecular flexibility index (Phi) is 2.00. The van der Waals surface area contributed by atoms with Crippen LogP contribution >= 0.6 is 0 Å². The molecule has 3 aliphatic carbocycles. The molecule has 0 heteroatoms. The van der Waals surface area contributed by atoms with Gasteiger partial charge in [0.15, 0.2) is 0 Å². The zero-order valence-corrected chi connectivity index (χ0v) is 10.9. The van der Waals surface area contributed by atoms with Crippen LogP contribution in [0.2, 0.25) is 0 Å². The van der Waals surface area contributed by atoms with Crippen molar-refractivity contribution in [3.8, 4) is 0 Å². The zero-order chi connectivity index (χ0) is 12.3. The topological polar surface area (TPSA) is 0 Å². The van der Waals surface area contributed by atoms with Crippen LogP contribution in [0.25, 0.3) is 0 Å². The number of hydrogen-bond donors (Lipinski definition) is 0. The van der Waals surface area contributed by atoms with E-state index in [9.17, 15) is 0 Å². The van der Waals surface area contributed by atoms with Gasteiger partial charge in [0.25, 0.3) is 0 Å². The summed E-state index contributed by atoms with van der Waals surface area (Å²) in [5.74, 6) is 2.72. The Morgan fingerprint density at radius 3 is 1.11 bits per heavy atom. The molecule has 0 spiro atoms. The molecule has 0 amide bonds. The van der Waals surface area contributed by atoms with Crippen LogP contribution in [0, 0.1) is 11.8 Å². The van der Waals surface area contributed by atoms with Crippen LogP contribution < -0.4 is 0 Å². The summed E-state index contributed by atoms with van der Waals surface area (Å²) in [6.07, 6.45) is 0. The van der Waals surface area contributed by atoms with E-state index in [2.05, 4.69) is 62.4 Å². The largest absolute Gasteiger partial charge is 0.0620 e. The predicted molar refractivity (Wildman–Crippen MR) is 74.9 cm³/mol. The maximum Gasteiger partial charge on any atom is 0.0124 e. The highest BCUT2D eigenvalue weighted by molar-refractivity contribution is 5.56. The Balaban J connectivity index is 2.06. The summed E-state index contributed by atoms with van der Waals surface area (Å²) in [6, 6.07) is 18.1. The average molecular weight is 234 g/mol. The molecule has 0 aromatic heterocycles. The van der Waals surface area contributed by atoms with E-state index in [0.29, 0.717) is 11.8 Å². The molecule has 0 saturated carbocycles. The highest BCUT2D eigenvalue weighted by Crippen LogP contribution is 2.57. The lowest BCUT2D eigenvalue weighted by Gasteiger charge is -2.48. The van der Waals surface area contributed by atoms with Gasteiger partial charge in [0.1, 0.15) is 0 Å². The molecule has 0 fully saturated rings. The smallest absolute Gasteiger partial charge is 0.0124 e. The van der Waals surface area contributed by atoms with Crippen LogP contribution in [-0.2, 0) is 0 Å².